The van der Waals surface area contributed by atoms with Crippen LogP contribution in [-0.2, 0) is 20.9 Å². The Morgan fingerprint density at radius 1 is 1.23 bits per heavy atom. The molecule has 3 rings (SSSR count). The zero-order chi connectivity index (χ0) is 25.9. The molecule has 1 saturated carbocycles. The summed E-state index contributed by atoms with van der Waals surface area (Å²) in [6.07, 6.45) is 3.77. The summed E-state index contributed by atoms with van der Waals surface area (Å²) in [5, 5.41) is 0. The third-order valence-corrected chi connectivity index (χ3v) is 7.60. The molecule has 196 valence electrons. The minimum Gasteiger partial charge on any atom is -0.385 e. The van der Waals surface area contributed by atoms with Crippen molar-refractivity contribution < 1.29 is 14.3 Å². The van der Waals surface area contributed by atoms with Crippen LogP contribution in [0.3, 0.4) is 0 Å². The van der Waals surface area contributed by atoms with Crippen LogP contribution in [0.4, 0.5) is 11.5 Å². The van der Waals surface area contributed by atoms with E-state index in [0.717, 1.165) is 19.3 Å². The van der Waals surface area contributed by atoms with Crippen LogP contribution in [0.5, 0.6) is 0 Å². The summed E-state index contributed by atoms with van der Waals surface area (Å²) in [6, 6.07) is 0.132. The smallest absolute Gasteiger partial charge is 0.330 e. The van der Waals surface area contributed by atoms with Gasteiger partial charge in [-0.2, -0.15) is 0 Å². The number of amides is 2. The number of ether oxygens (including phenoxy) is 1. The largest absolute Gasteiger partial charge is 0.385 e. The molecule has 2 aliphatic rings. The normalized spacial score (nSPS) is 24.9. The van der Waals surface area contributed by atoms with E-state index in [0.29, 0.717) is 38.0 Å². The van der Waals surface area contributed by atoms with Gasteiger partial charge in [0.2, 0.25) is 11.8 Å². The van der Waals surface area contributed by atoms with Gasteiger partial charge in [-0.05, 0) is 30.6 Å². The number of nitrogens with zero attached hydrogens (tertiary/aromatic N) is 3. The summed E-state index contributed by atoms with van der Waals surface area (Å²) in [5.74, 6) is 0.0676. The van der Waals surface area contributed by atoms with E-state index in [4.69, 9.17) is 10.5 Å². The van der Waals surface area contributed by atoms with Gasteiger partial charge in [-0.15, -0.1) is 0 Å². The predicted molar refractivity (Wildman–Crippen MR) is 135 cm³/mol. The summed E-state index contributed by atoms with van der Waals surface area (Å²) in [4.78, 5) is 57.7. The molecule has 1 aromatic heterocycles. The second-order valence-electron chi connectivity index (χ2n) is 10.6. The van der Waals surface area contributed by atoms with Gasteiger partial charge in [-0.25, -0.2) is 4.79 Å². The van der Waals surface area contributed by atoms with E-state index in [9.17, 15) is 19.2 Å². The summed E-state index contributed by atoms with van der Waals surface area (Å²) in [7, 11) is 1.57. The van der Waals surface area contributed by atoms with Crippen molar-refractivity contribution >= 4 is 23.3 Å². The molecule has 10 nitrogen and oxygen atoms in total. The van der Waals surface area contributed by atoms with Crippen molar-refractivity contribution in [2.75, 3.05) is 37.4 Å². The molecule has 0 spiro atoms. The lowest BCUT2D eigenvalue weighted by atomic mass is 9.77. The number of methoxy groups -OCH3 is 1. The van der Waals surface area contributed by atoms with Gasteiger partial charge in [-0.3, -0.25) is 23.9 Å². The van der Waals surface area contributed by atoms with Gasteiger partial charge in [0.05, 0.1) is 5.92 Å². The molecule has 3 N–H and O–H groups in total. The van der Waals surface area contributed by atoms with E-state index in [-0.39, 0.29) is 48.2 Å². The van der Waals surface area contributed by atoms with Crippen LogP contribution < -0.4 is 21.9 Å². The first-order chi connectivity index (χ1) is 16.6. The number of aromatic amines is 1. The molecular weight excluding hydrogens is 450 g/mol. The molecule has 0 bridgehead atoms. The third kappa shape index (κ3) is 5.79. The first kappa shape index (κ1) is 27.0. The van der Waals surface area contributed by atoms with Crippen molar-refractivity contribution in [3.05, 3.63) is 20.8 Å². The third-order valence-electron chi connectivity index (χ3n) is 7.60. The highest BCUT2D eigenvalue weighted by Gasteiger charge is 2.43. The maximum atomic E-state index is 13.8. The number of carbonyl (C=O) groups excluding carboxylic acids is 2. The maximum absolute atomic E-state index is 13.8. The molecule has 0 radical (unpaired) electrons. The number of nitrogens with two attached hydrogens (primary N) is 1. The lowest BCUT2D eigenvalue weighted by Crippen LogP contribution is -2.47. The number of aromatic nitrogens is 2. The van der Waals surface area contributed by atoms with Crippen LogP contribution in [0.2, 0.25) is 0 Å². The molecule has 1 aromatic rings. The number of carbonyl (C=O) groups is 2. The van der Waals surface area contributed by atoms with E-state index in [2.05, 4.69) is 18.8 Å². The Hall–Kier alpha value is -2.62. The lowest BCUT2D eigenvalue weighted by molar-refractivity contribution is -0.132. The number of likely N-dealkylation sites (tertiary alicyclic amines) is 1. The Balaban J connectivity index is 1.92. The van der Waals surface area contributed by atoms with E-state index in [1.807, 2.05) is 18.7 Å². The van der Waals surface area contributed by atoms with E-state index < -0.39 is 17.2 Å². The van der Waals surface area contributed by atoms with E-state index in [1.54, 1.807) is 7.11 Å². The van der Waals surface area contributed by atoms with Gasteiger partial charge in [0.1, 0.15) is 5.82 Å². The summed E-state index contributed by atoms with van der Waals surface area (Å²) in [6.45, 7) is 9.51. The molecule has 10 heteroatoms. The van der Waals surface area contributed by atoms with Crippen LogP contribution in [0.1, 0.15) is 59.8 Å². The van der Waals surface area contributed by atoms with Crippen LogP contribution in [-0.4, -0.2) is 59.1 Å². The molecule has 2 heterocycles. The first-order valence-electron chi connectivity index (χ1n) is 12.8. The fourth-order valence-corrected chi connectivity index (χ4v) is 5.52. The molecule has 1 saturated heterocycles. The standard InChI is InChI=1S/C25H41N5O5/c1-15(2)13-30-22(26)21(23(32)27-25(30)34)28(10-7-11-35-5)24(33)18-12-20(31)29(14-18)19-9-6-8-16(3)17(19)4/h15-19H,6-14,26H2,1-5H3,(H,27,32,34). The molecule has 1 aliphatic heterocycles. The predicted octanol–water partition coefficient (Wildman–Crippen LogP) is 1.82. The van der Waals surface area contributed by atoms with Crippen molar-refractivity contribution in [3.8, 4) is 0 Å². The molecule has 4 atom stereocenters. The number of hydrogen-bond acceptors (Lipinski definition) is 6. The van der Waals surface area contributed by atoms with Gasteiger partial charge in [0.25, 0.3) is 5.56 Å². The van der Waals surface area contributed by atoms with Crippen LogP contribution >= 0.6 is 0 Å². The van der Waals surface area contributed by atoms with Crippen molar-refractivity contribution in [1.29, 1.82) is 0 Å². The molecule has 0 aromatic carbocycles. The fraction of sp³-hybridized carbons (Fsp3) is 0.760. The SMILES string of the molecule is COCCCN(C(=O)C1CC(=O)N(C2CCCC(C)C2C)C1)c1c(N)n(CC(C)C)c(=O)[nH]c1=O. The molecule has 2 amide bonds. The second kappa shape index (κ2) is 11.4. The van der Waals surface area contributed by atoms with Gasteiger partial charge in [-0.1, -0.05) is 40.5 Å². The molecular formula is C25H41N5O5. The van der Waals surface area contributed by atoms with Crippen LogP contribution in [0, 0.1) is 23.7 Å². The number of hydrogen-bond donors (Lipinski definition) is 2. The van der Waals surface area contributed by atoms with Gasteiger partial charge < -0.3 is 20.3 Å². The van der Waals surface area contributed by atoms with Gasteiger partial charge in [0.15, 0.2) is 5.69 Å². The topological polar surface area (TPSA) is 131 Å². The molecule has 1 aliphatic carbocycles. The maximum Gasteiger partial charge on any atom is 0.330 e. The van der Waals surface area contributed by atoms with E-state index >= 15 is 0 Å². The fourth-order valence-electron chi connectivity index (χ4n) is 5.52. The molecule has 4 unspecified atom stereocenters. The molecule has 35 heavy (non-hydrogen) atoms. The lowest BCUT2D eigenvalue weighted by Gasteiger charge is -2.40. The van der Waals surface area contributed by atoms with Crippen molar-refractivity contribution in [3.63, 3.8) is 0 Å². The van der Waals surface area contributed by atoms with Gasteiger partial charge >= 0.3 is 5.69 Å². The Morgan fingerprint density at radius 2 is 1.94 bits per heavy atom. The van der Waals surface area contributed by atoms with Crippen LogP contribution in [0.25, 0.3) is 0 Å². The Kier molecular flexibility index (Phi) is 8.79. The minimum absolute atomic E-state index is 0.0159. The Labute approximate surface area is 206 Å². The quantitative estimate of drug-likeness (QED) is 0.507. The zero-order valence-corrected chi connectivity index (χ0v) is 21.7. The first-order valence-corrected chi connectivity index (χ1v) is 12.8. The monoisotopic (exact) mass is 491 g/mol. The highest BCUT2D eigenvalue weighted by atomic mass is 16.5. The average Bonchev–Trinajstić information content (AvgIpc) is 3.18. The summed E-state index contributed by atoms with van der Waals surface area (Å²) in [5.41, 5.74) is 4.99. The number of nitrogen functional groups attached to an aromatic ring is 1. The summed E-state index contributed by atoms with van der Waals surface area (Å²) >= 11 is 0. The van der Waals surface area contributed by atoms with Crippen LogP contribution in [0.15, 0.2) is 9.59 Å². The number of H-pyrrole nitrogens is 1. The average molecular weight is 492 g/mol. The van der Waals surface area contributed by atoms with E-state index in [1.165, 1.54) is 9.47 Å². The molecule has 2 fully saturated rings. The second-order valence-corrected chi connectivity index (χ2v) is 10.6. The number of anilines is 2. The minimum atomic E-state index is -0.700. The summed E-state index contributed by atoms with van der Waals surface area (Å²) < 4.78 is 6.45. The van der Waals surface area contributed by atoms with Gasteiger partial charge in [0, 0.05) is 45.8 Å². The van der Waals surface area contributed by atoms with Crippen molar-refractivity contribution in [1.82, 2.24) is 14.5 Å². The highest BCUT2D eigenvalue weighted by molar-refractivity contribution is 6.00. The number of rotatable bonds is 9. The Morgan fingerprint density at radius 3 is 2.60 bits per heavy atom. The van der Waals surface area contributed by atoms with Crippen molar-refractivity contribution in [2.45, 2.75) is 72.4 Å². The Bertz CT molecular complexity index is 1030. The zero-order valence-electron chi connectivity index (χ0n) is 21.7. The van der Waals surface area contributed by atoms with Crippen molar-refractivity contribution in [2.24, 2.45) is 23.7 Å². The number of nitrogens with one attached hydrogen (secondary N) is 1. The highest BCUT2D eigenvalue weighted by Crippen LogP contribution is 2.36.